The largest absolute Gasteiger partial charge is 0.356 e. The minimum Gasteiger partial charge on any atom is -0.356 e. The van der Waals surface area contributed by atoms with Crippen LogP contribution in [-0.4, -0.2) is 55.5 Å². The van der Waals surface area contributed by atoms with Crippen LogP contribution in [0.4, 0.5) is 0 Å². The van der Waals surface area contributed by atoms with Crippen LogP contribution >= 0.6 is 24.0 Å². The molecular weight excluding hydrogens is 477 g/mol. The predicted octanol–water partition coefficient (Wildman–Crippen LogP) is 2.74. The number of hydrogen-bond donors (Lipinski definition) is 3. The van der Waals surface area contributed by atoms with Crippen molar-refractivity contribution < 1.29 is 4.79 Å². The van der Waals surface area contributed by atoms with Crippen molar-refractivity contribution in [3.63, 3.8) is 0 Å². The lowest BCUT2D eigenvalue weighted by Gasteiger charge is -2.24. The molecule has 1 heterocycles. The number of amides is 1. The lowest BCUT2D eigenvalue weighted by Crippen LogP contribution is -2.45. The highest BCUT2D eigenvalue weighted by Crippen LogP contribution is 2.26. The molecule has 2 atom stereocenters. The zero-order valence-electron chi connectivity index (χ0n) is 17.7. The number of aliphatic imine (C=N–C) groups is 1. The van der Waals surface area contributed by atoms with E-state index in [0.29, 0.717) is 12.1 Å². The summed E-state index contributed by atoms with van der Waals surface area (Å²) in [6.45, 7) is 5.85. The smallest absolute Gasteiger partial charge is 0.223 e. The molecule has 1 saturated heterocycles. The molecule has 1 saturated carbocycles. The Balaban J connectivity index is 0.00000300. The van der Waals surface area contributed by atoms with Crippen LogP contribution in [0, 0.1) is 5.92 Å². The molecule has 1 amide bonds. The number of carbonyl (C=O) groups excluding carboxylic acids is 1. The summed E-state index contributed by atoms with van der Waals surface area (Å²) in [6.07, 6.45) is 5.33. The van der Waals surface area contributed by atoms with E-state index in [1.807, 2.05) is 7.05 Å². The van der Waals surface area contributed by atoms with E-state index in [1.54, 1.807) is 0 Å². The quantitative estimate of drug-likeness (QED) is 0.217. The van der Waals surface area contributed by atoms with Gasteiger partial charge in [-0.1, -0.05) is 36.8 Å². The summed E-state index contributed by atoms with van der Waals surface area (Å²) in [6, 6.07) is 11.6. The van der Waals surface area contributed by atoms with Crippen LogP contribution in [0.15, 0.2) is 35.3 Å². The molecular formula is C22H36IN5O. The standard InChI is InChI=1S/C22H35N5O.HI/c1-17-14-20(16-27(17)15-18-8-4-3-5-9-18)26-22(23-2)25-13-7-12-24-21(28)19-10-6-11-19;/h3-5,8-9,17,19-20H,6-7,10-16H2,1-2H3,(H,24,28)(H2,23,25,26);1H. The van der Waals surface area contributed by atoms with Gasteiger partial charge in [-0.3, -0.25) is 14.7 Å². The number of halogens is 1. The third-order valence-corrected chi connectivity index (χ3v) is 5.92. The number of carbonyl (C=O) groups is 1. The van der Waals surface area contributed by atoms with E-state index in [4.69, 9.17) is 0 Å². The topological polar surface area (TPSA) is 68.8 Å². The number of hydrogen-bond acceptors (Lipinski definition) is 3. The average Bonchev–Trinajstić information content (AvgIpc) is 2.99. The Morgan fingerprint density at radius 2 is 1.90 bits per heavy atom. The molecule has 1 aromatic carbocycles. The van der Waals surface area contributed by atoms with Crippen molar-refractivity contribution in [1.82, 2.24) is 20.9 Å². The van der Waals surface area contributed by atoms with E-state index >= 15 is 0 Å². The third kappa shape index (κ3) is 7.44. The molecule has 1 aliphatic carbocycles. The lowest BCUT2D eigenvalue weighted by atomic mass is 9.85. The number of likely N-dealkylation sites (tertiary alicyclic amines) is 1. The molecule has 0 aromatic heterocycles. The Kier molecular flexibility index (Phi) is 10.2. The summed E-state index contributed by atoms with van der Waals surface area (Å²) in [5.74, 6) is 1.35. The van der Waals surface area contributed by atoms with Gasteiger partial charge in [-0.15, -0.1) is 24.0 Å². The molecule has 29 heavy (non-hydrogen) atoms. The first-order chi connectivity index (χ1) is 13.7. The molecule has 3 rings (SSSR count). The lowest BCUT2D eigenvalue weighted by molar-refractivity contribution is -0.127. The van der Waals surface area contributed by atoms with Gasteiger partial charge in [-0.05, 0) is 38.2 Å². The van der Waals surface area contributed by atoms with Crippen LogP contribution in [0.3, 0.4) is 0 Å². The van der Waals surface area contributed by atoms with Gasteiger partial charge in [0.1, 0.15) is 0 Å². The number of nitrogens with zero attached hydrogens (tertiary/aromatic N) is 2. The first kappa shape index (κ1) is 23.9. The number of benzene rings is 1. The molecule has 0 spiro atoms. The maximum atomic E-state index is 11.8. The summed E-state index contributed by atoms with van der Waals surface area (Å²) >= 11 is 0. The average molecular weight is 513 g/mol. The zero-order chi connectivity index (χ0) is 19.8. The molecule has 7 heteroatoms. The molecule has 2 aliphatic rings. The third-order valence-electron chi connectivity index (χ3n) is 5.92. The van der Waals surface area contributed by atoms with E-state index in [9.17, 15) is 4.79 Å². The molecule has 1 aromatic rings. The van der Waals surface area contributed by atoms with Gasteiger partial charge in [0.05, 0.1) is 0 Å². The van der Waals surface area contributed by atoms with Crippen molar-refractivity contribution in [1.29, 1.82) is 0 Å². The summed E-state index contributed by atoms with van der Waals surface area (Å²) in [4.78, 5) is 18.7. The van der Waals surface area contributed by atoms with Crippen LogP contribution in [-0.2, 0) is 11.3 Å². The normalized spacial score (nSPS) is 22.5. The molecule has 0 bridgehead atoms. The zero-order valence-corrected chi connectivity index (χ0v) is 20.0. The molecule has 2 fully saturated rings. The van der Waals surface area contributed by atoms with Crippen LogP contribution in [0.25, 0.3) is 0 Å². The molecule has 2 unspecified atom stereocenters. The van der Waals surface area contributed by atoms with Crippen LogP contribution in [0.5, 0.6) is 0 Å². The van der Waals surface area contributed by atoms with Gasteiger partial charge in [-0.25, -0.2) is 0 Å². The van der Waals surface area contributed by atoms with Gasteiger partial charge >= 0.3 is 0 Å². The summed E-state index contributed by atoms with van der Waals surface area (Å²) in [7, 11) is 1.81. The van der Waals surface area contributed by atoms with Crippen LogP contribution < -0.4 is 16.0 Å². The first-order valence-electron chi connectivity index (χ1n) is 10.7. The fourth-order valence-corrected chi connectivity index (χ4v) is 3.95. The molecule has 3 N–H and O–H groups in total. The Hall–Kier alpha value is -1.35. The first-order valence-corrected chi connectivity index (χ1v) is 10.7. The SMILES string of the molecule is CN=C(NCCCNC(=O)C1CCC1)NC1CC(C)N(Cc2ccccc2)C1.I. The van der Waals surface area contributed by atoms with Gasteiger partial charge in [-0.2, -0.15) is 0 Å². The van der Waals surface area contributed by atoms with E-state index in [0.717, 1.165) is 57.8 Å². The summed E-state index contributed by atoms with van der Waals surface area (Å²) < 4.78 is 0. The molecule has 0 radical (unpaired) electrons. The molecule has 162 valence electrons. The second-order valence-electron chi connectivity index (χ2n) is 8.11. The number of nitrogens with one attached hydrogen (secondary N) is 3. The van der Waals surface area contributed by atoms with Gasteiger partial charge in [0, 0.05) is 51.2 Å². The second kappa shape index (κ2) is 12.4. The highest BCUT2D eigenvalue weighted by Gasteiger charge is 2.29. The minimum absolute atomic E-state index is 0. The highest BCUT2D eigenvalue weighted by molar-refractivity contribution is 14.0. The van der Waals surface area contributed by atoms with Crippen LogP contribution in [0.2, 0.25) is 0 Å². The Labute approximate surface area is 192 Å². The van der Waals surface area contributed by atoms with Gasteiger partial charge in [0.25, 0.3) is 0 Å². The van der Waals surface area contributed by atoms with Crippen molar-refractivity contribution >= 4 is 35.8 Å². The van der Waals surface area contributed by atoms with Gasteiger partial charge in [0.2, 0.25) is 5.91 Å². The second-order valence-corrected chi connectivity index (χ2v) is 8.11. The Morgan fingerprint density at radius 1 is 1.17 bits per heavy atom. The van der Waals surface area contributed by atoms with E-state index in [1.165, 1.54) is 12.0 Å². The van der Waals surface area contributed by atoms with E-state index < -0.39 is 0 Å². The maximum Gasteiger partial charge on any atom is 0.223 e. The van der Waals surface area contributed by atoms with Crippen molar-refractivity contribution in [2.75, 3.05) is 26.7 Å². The molecule has 1 aliphatic heterocycles. The van der Waals surface area contributed by atoms with E-state index in [-0.39, 0.29) is 35.8 Å². The van der Waals surface area contributed by atoms with Crippen molar-refractivity contribution in [3.05, 3.63) is 35.9 Å². The monoisotopic (exact) mass is 513 g/mol. The van der Waals surface area contributed by atoms with Gasteiger partial charge in [0.15, 0.2) is 5.96 Å². The predicted molar refractivity (Wildman–Crippen MR) is 130 cm³/mol. The minimum atomic E-state index is 0. The Morgan fingerprint density at radius 3 is 2.55 bits per heavy atom. The number of guanidine groups is 1. The Bertz CT molecular complexity index is 650. The van der Waals surface area contributed by atoms with Gasteiger partial charge < -0.3 is 16.0 Å². The molecule has 6 nitrogen and oxygen atoms in total. The van der Waals surface area contributed by atoms with Crippen molar-refractivity contribution in [3.8, 4) is 0 Å². The summed E-state index contributed by atoms with van der Waals surface area (Å²) in [5.41, 5.74) is 1.36. The number of rotatable bonds is 8. The maximum absolute atomic E-state index is 11.8. The summed E-state index contributed by atoms with van der Waals surface area (Å²) in [5, 5.41) is 9.97. The van der Waals surface area contributed by atoms with Crippen molar-refractivity contribution in [2.24, 2.45) is 10.9 Å². The van der Waals surface area contributed by atoms with Crippen molar-refractivity contribution in [2.45, 2.75) is 57.7 Å². The fourth-order valence-electron chi connectivity index (χ4n) is 3.95. The fraction of sp³-hybridized carbons (Fsp3) is 0.636. The highest BCUT2D eigenvalue weighted by atomic mass is 127. The van der Waals surface area contributed by atoms with Crippen LogP contribution in [0.1, 0.15) is 44.6 Å². The van der Waals surface area contributed by atoms with E-state index in [2.05, 4.69) is 63.1 Å².